The number of hydrogen-bond donors (Lipinski definition) is 0. The summed E-state index contributed by atoms with van der Waals surface area (Å²) in [6.45, 7) is -0.113. The van der Waals surface area contributed by atoms with E-state index >= 15 is 0 Å². The van der Waals surface area contributed by atoms with E-state index in [-0.39, 0.29) is 36.0 Å². The second kappa shape index (κ2) is 7.87. The number of halogens is 1. The molecule has 2 amide bonds. The standard InChI is InChI=1S/C22H20BrNO4/c23-15-10-8-14(9-11-15)20(25)13-28-17-5-3-4-16(12-17)24-21(26)18-6-1-2-7-19(18)22(24)27/h3-5,8-12,18-19H,1-2,6-7,13H2/t18-,19-/m1/s1. The van der Waals surface area contributed by atoms with Crippen LogP contribution in [-0.2, 0) is 9.59 Å². The van der Waals surface area contributed by atoms with Gasteiger partial charge in [0.05, 0.1) is 17.5 Å². The molecule has 1 saturated carbocycles. The van der Waals surface area contributed by atoms with E-state index < -0.39 is 0 Å². The molecule has 5 nitrogen and oxygen atoms in total. The maximum Gasteiger partial charge on any atom is 0.237 e. The SMILES string of the molecule is O=C(COc1cccc(N2C(=O)[C@@H]3CCCC[C@H]3C2=O)c1)c1ccc(Br)cc1. The van der Waals surface area contributed by atoms with Crippen LogP contribution in [0.2, 0.25) is 0 Å². The zero-order valence-electron chi connectivity index (χ0n) is 15.3. The van der Waals surface area contributed by atoms with Crippen molar-refractivity contribution in [3.05, 3.63) is 58.6 Å². The van der Waals surface area contributed by atoms with E-state index in [2.05, 4.69) is 15.9 Å². The summed E-state index contributed by atoms with van der Waals surface area (Å²) < 4.78 is 6.53. The molecule has 2 fully saturated rings. The third-order valence-corrected chi connectivity index (χ3v) is 5.98. The van der Waals surface area contributed by atoms with Gasteiger partial charge in [-0.1, -0.05) is 47.0 Å². The zero-order chi connectivity index (χ0) is 19.7. The first kappa shape index (κ1) is 18.9. The average Bonchev–Trinajstić information content (AvgIpc) is 2.98. The molecule has 0 unspecified atom stereocenters. The molecule has 2 aliphatic rings. The number of carbonyl (C=O) groups is 3. The van der Waals surface area contributed by atoms with E-state index in [4.69, 9.17) is 4.74 Å². The van der Waals surface area contributed by atoms with Crippen LogP contribution in [0.4, 0.5) is 5.69 Å². The lowest BCUT2D eigenvalue weighted by Crippen LogP contribution is -2.30. The maximum absolute atomic E-state index is 12.7. The molecule has 1 aliphatic heterocycles. The Balaban J connectivity index is 1.47. The number of rotatable bonds is 5. The monoisotopic (exact) mass is 441 g/mol. The fourth-order valence-electron chi connectivity index (χ4n) is 4.00. The van der Waals surface area contributed by atoms with Crippen LogP contribution in [0.15, 0.2) is 53.0 Å². The highest BCUT2D eigenvalue weighted by Crippen LogP contribution is 2.40. The molecular formula is C22H20BrNO4. The molecule has 4 rings (SSSR count). The molecule has 1 aliphatic carbocycles. The van der Waals surface area contributed by atoms with E-state index in [0.29, 0.717) is 17.0 Å². The van der Waals surface area contributed by atoms with Gasteiger partial charge in [0.25, 0.3) is 0 Å². The Morgan fingerprint density at radius 2 is 1.64 bits per heavy atom. The molecule has 2 aromatic carbocycles. The Morgan fingerprint density at radius 1 is 1.00 bits per heavy atom. The van der Waals surface area contributed by atoms with Crippen LogP contribution in [0.1, 0.15) is 36.0 Å². The summed E-state index contributed by atoms with van der Waals surface area (Å²) in [5.74, 6) is -0.291. The largest absolute Gasteiger partial charge is 0.485 e. The van der Waals surface area contributed by atoms with Gasteiger partial charge in [0.15, 0.2) is 12.4 Å². The van der Waals surface area contributed by atoms with Crippen molar-refractivity contribution >= 4 is 39.2 Å². The van der Waals surface area contributed by atoms with E-state index in [0.717, 1.165) is 30.2 Å². The summed E-state index contributed by atoms with van der Waals surface area (Å²) in [4.78, 5) is 39.1. The van der Waals surface area contributed by atoms with Crippen LogP contribution in [-0.4, -0.2) is 24.2 Å². The average molecular weight is 442 g/mol. The van der Waals surface area contributed by atoms with Crippen molar-refractivity contribution in [3.8, 4) is 5.75 Å². The number of benzene rings is 2. The summed E-state index contributed by atoms with van der Waals surface area (Å²) in [6, 6.07) is 13.9. The number of ketones is 1. The summed E-state index contributed by atoms with van der Waals surface area (Å²) in [5, 5.41) is 0. The molecule has 0 bridgehead atoms. The maximum atomic E-state index is 12.7. The summed E-state index contributed by atoms with van der Waals surface area (Å²) >= 11 is 3.34. The molecule has 0 spiro atoms. The number of hydrogen-bond acceptors (Lipinski definition) is 4. The van der Waals surface area contributed by atoms with Crippen LogP contribution in [0.3, 0.4) is 0 Å². The summed E-state index contributed by atoms with van der Waals surface area (Å²) in [6.07, 6.45) is 3.55. The molecule has 144 valence electrons. The highest BCUT2D eigenvalue weighted by Gasteiger charge is 2.48. The molecule has 0 aromatic heterocycles. The van der Waals surface area contributed by atoms with E-state index in [1.807, 2.05) is 0 Å². The van der Waals surface area contributed by atoms with E-state index in [1.54, 1.807) is 48.5 Å². The van der Waals surface area contributed by atoms with Crippen LogP contribution in [0.25, 0.3) is 0 Å². The predicted octanol–water partition coefficient (Wildman–Crippen LogP) is 4.39. The first-order valence-corrected chi connectivity index (χ1v) is 10.2. The van der Waals surface area contributed by atoms with Crippen molar-refractivity contribution in [2.75, 3.05) is 11.5 Å². The molecule has 6 heteroatoms. The topological polar surface area (TPSA) is 63.7 Å². The van der Waals surface area contributed by atoms with Crippen molar-refractivity contribution in [2.45, 2.75) is 25.7 Å². The third kappa shape index (κ3) is 3.61. The van der Waals surface area contributed by atoms with Crippen molar-refractivity contribution in [3.63, 3.8) is 0 Å². The quantitative estimate of drug-likeness (QED) is 0.509. The lowest BCUT2D eigenvalue weighted by Gasteiger charge is -2.19. The lowest BCUT2D eigenvalue weighted by atomic mass is 9.81. The normalized spacial score (nSPS) is 21.5. The molecule has 28 heavy (non-hydrogen) atoms. The van der Waals surface area contributed by atoms with Gasteiger partial charge in [-0.05, 0) is 37.1 Å². The zero-order valence-corrected chi connectivity index (χ0v) is 16.9. The van der Waals surface area contributed by atoms with Crippen molar-refractivity contribution in [1.29, 1.82) is 0 Å². The molecule has 0 N–H and O–H groups in total. The lowest BCUT2D eigenvalue weighted by molar-refractivity contribution is -0.122. The van der Waals surface area contributed by atoms with Crippen molar-refractivity contribution in [2.24, 2.45) is 11.8 Å². The Kier molecular flexibility index (Phi) is 5.31. The first-order chi connectivity index (χ1) is 13.5. The molecule has 1 heterocycles. The van der Waals surface area contributed by atoms with Gasteiger partial charge in [0.2, 0.25) is 11.8 Å². The second-order valence-corrected chi connectivity index (χ2v) is 8.14. The molecular weight excluding hydrogens is 422 g/mol. The van der Waals surface area contributed by atoms with Crippen LogP contribution >= 0.6 is 15.9 Å². The smallest absolute Gasteiger partial charge is 0.237 e. The fraction of sp³-hybridized carbons (Fsp3) is 0.318. The van der Waals surface area contributed by atoms with Gasteiger partial charge >= 0.3 is 0 Å². The van der Waals surface area contributed by atoms with Crippen molar-refractivity contribution < 1.29 is 19.1 Å². The minimum Gasteiger partial charge on any atom is -0.485 e. The number of Topliss-reactive ketones (excluding diaryl/α,β-unsaturated/α-hetero) is 1. The van der Waals surface area contributed by atoms with E-state index in [1.165, 1.54) is 4.90 Å². The van der Waals surface area contributed by atoms with Gasteiger partial charge in [0.1, 0.15) is 5.75 Å². The first-order valence-electron chi connectivity index (χ1n) is 9.44. The summed E-state index contributed by atoms with van der Waals surface area (Å²) in [5.41, 5.74) is 1.08. The van der Waals surface area contributed by atoms with Crippen molar-refractivity contribution in [1.82, 2.24) is 0 Å². The minimum absolute atomic E-state index is 0.113. The van der Waals surface area contributed by atoms with Crippen LogP contribution in [0, 0.1) is 11.8 Å². The number of nitrogens with zero attached hydrogens (tertiary/aromatic N) is 1. The fourth-order valence-corrected chi connectivity index (χ4v) is 4.26. The van der Waals surface area contributed by atoms with Gasteiger partial charge in [-0.3, -0.25) is 14.4 Å². The van der Waals surface area contributed by atoms with Gasteiger partial charge in [-0.25, -0.2) is 4.90 Å². The van der Waals surface area contributed by atoms with Gasteiger partial charge in [-0.2, -0.15) is 0 Å². The Labute approximate surface area is 171 Å². The van der Waals surface area contributed by atoms with Crippen LogP contribution < -0.4 is 9.64 Å². The van der Waals surface area contributed by atoms with E-state index in [9.17, 15) is 14.4 Å². The van der Waals surface area contributed by atoms with Gasteiger partial charge in [0, 0.05) is 16.1 Å². The number of carbonyl (C=O) groups excluding carboxylic acids is 3. The third-order valence-electron chi connectivity index (χ3n) is 5.45. The van der Waals surface area contributed by atoms with Gasteiger partial charge < -0.3 is 4.74 Å². The summed E-state index contributed by atoms with van der Waals surface area (Å²) in [7, 11) is 0. The minimum atomic E-state index is -0.190. The predicted molar refractivity (Wildman–Crippen MR) is 108 cm³/mol. The highest BCUT2D eigenvalue weighted by molar-refractivity contribution is 9.10. The number of ether oxygens (including phenoxy) is 1. The van der Waals surface area contributed by atoms with Gasteiger partial charge in [-0.15, -0.1) is 0 Å². The molecule has 2 atom stereocenters. The Bertz CT molecular complexity index is 900. The second-order valence-electron chi connectivity index (χ2n) is 7.23. The Morgan fingerprint density at radius 3 is 2.29 bits per heavy atom. The number of imide groups is 1. The molecule has 0 radical (unpaired) electrons. The highest BCUT2D eigenvalue weighted by atomic mass is 79.9. The number of anilines is 1. The Hall–Kier alpha value is -2.47. The number of fused-ring (bicyclic) bond motifs is 1. The molecule has 1 saturated heterocycles. The van der Waals surface area contributed by atoms with Crippen LogP contribution in [0.5, 0.6) is 5.75 Å². The molecule has 2 aromatic rings. The number of amides is 2.